The van der Waals surface area contributed by atoms with Gasteiger partial charge in [0.1, 0.15) is 5.82 Å². The molecule has 4 N–H and O–H groups in total. The average Bonchev–Trinajstić information content (AvgIpc) is 2.97. The van der Waals surface area contributed by atoms with E-state index in [-0.39, 0.29) is 12.2 Å². The standard InChI is InChI=1S/C13H16F2N6O2/c1-13(14,15)5-9(12(22)23)8(11-18-20-21-19-11)4-7-2-3-10(16)17-6-7/h2-3,6,8-9H,4-5H2,1H3,(H2,16,17)(H,22,23)(H,18,19,20,21)/t8-,9-/m0/s1. The molecule has 2 atom stereocenters. The van der Waals surface area contributed by atoms with Crippen molar-refractivity contribution < 1.29 is 18.7 Å². The number of carboxylic acids is 1. The second-order valence-corrected chi connectivity index (χ2v) is 5.41. The van der Waals surface area contributed by atoms with Crippen molar-refractivity contribution in [3.63, 3.8) is 0 Å². The number of anilines is 1. The summed E-state index contributed by atoms with van der Waals surface area (Å²) in [6, 6.07) is 3.21. The number of nitrogens with zero attached hydrogens (tertiary/aromatic N) is 4. The van der Waals surface area contributed by atoms with Crippen LogP contribution >= 0.6 is 0 Å². The van der Waals surface area contributed by atoms with E-state index >= 15 is 0 Å². The number of hydrogen-bond acceptors (Lipinski definition) is 6. The van der Waals surface area contributed by atoms with Crippen LogP contribution in [0, 0.1) is 5.92 Å². The topological polar surface area (TPSA) is 131 Å². The van der Waals surface area contributed by atoms with Crippen LogP contribution < -0.4 is 5.73 Å². The number of H-pyrrole nitrogens is 1. The summed E-state index contributed by atoms with van der Waals surface area (Å²) >= 11 is 0. The normalized spacial score (nSPS) is 14.4. The van der Waals surface area contributed by atoms with E-state index in [1.165, 1.54) is 6.20 Å². The number of nitrogens with one attached hydrogen (secondary N) is 1. The summed E-state index contributed by atoms with van der Waals surface area (Å²) in [7, 11) is 0. The molecule has 0 aliphatic carbocycles. The number of halogens is 2. The summed E-state index contributed by atoms with van der Waals surface area (Å²) < 4.78 is 26.7. The lowest BCUT2D eigenvalue weighted by Gasteiger charge is -2.24. The molecule has 10 heteroatoms. The predicted molar refractivity (Wildman–Crippen MR) is 75.6 cm³/mol. The highest BCUT2D eigenvalue weighted by molar-refractivity contribution is 5.71. The van der Waals surface area contributed by atoms with Crippen LogP contribution in [0.15, 0.2) is 18.3 Å². The van der Waals surface area contributed by atoms with Crippen LogP contribution in [0.4, 0.5) is 14.6 Å². The number of carboxylic acid groups (broad SMARTS) is 1. The number of tetrazole rings is 1. The average molecular weight is 326 g/mol. The number of aliphatic carboxylic acids is 1. The quantitative estimate of drug-likeness (QED) is 0.697. The molecule has 0 fully saturated rings. The highest BCUT2D eigenvalue weighted by Gasteiger charge is 2.38. The van der Waals surface area contributed by atoms with Crippen LogP contribution in [0.25, 0.3) is 0 Å². The highest BCUT2D eigenvalue weighted by Crippen LogP contribution is 2.34. The van der Waals surface area contributed by atoms with Gasteiger partial charge in [-0.1, -0.05) is 6.07 Å². The van der Waals surface area contributed by atoms with Gasteiger partial charge in [-0.05, 0) is 35.4 Å². The van der Waals surface area contributed by atoms with Gasteiger partial charge in [-0.2, -0.15) is 0 Å². The molecule has 0 saturated carbocycles. The van der Waals surface area contributed by atoms with E-state index in [1.807, 2.05) is 0 Å². The maximum Gasteiger partial charge on any atom is 0.307 e. The molecule has 0 aromatic carbocycles. The van der Waals surface area contributed by atoms with Crippen molar-refractivity contribution in [2.75, 3.05) is 5.73 Å². The van der Waals surface area contributed by atoms with Crippen molar-refractivity contribution in [2.45, 2.75) is 31.6 Å². The zero-order chi connectivity index (χ0) is 17.0. The van der Waals surface area contributed by atoms with Crippen molar-refractivity contribution in [3.8, 4) is 0 Å². The number of rotatable bonds is 7. The Labute approximate surface area is 130 Å². The summed E-state index contributed by atoms with van der Waals surface area (Å²) in [6.07, 6.45) is 0.780. The maximum absolute atomic E-state index is 13.4. The fraction of sp³-hybridized carbons (Fsp3) is 0.462. The van der Waals surface area contributed by atoms with Gasteiger partial charge in [0.25, 0.3) is 0 Å². The molecule has 8 nitrogen and oxygen atoms in total. The molecule has 0 radical (unpaired) electrons. The monoisotopic (exact) mass is 326 g/mol. The Balaban J connectivity index is 2.32. The SMILES string of the molecule is CC(F)(F)C[C@H](C(=O)O)[C@H](Cc1ccc(N)nc1)c1nnn[nH]1. The fourth-order valence-electron chi connectivity index (χ4n) is 2.35. The lowest BCUT2D eigenvalue weighted by molar-refractivity contribution is -0.146. The third-order valence-corrected chi connectivity index (χ3v) is 3.40. The van der Waals surface area contributed by atoms with Gasteiger partial charge in [0.15, 0.2) is 5.82 Å². The Bertz CT molecular complexity index is 641. The molecule has 2 rings (SSSR count). The molecule has 0 amide bonds. The van der Waals surface area contributed by atoms with Crippen molar-refractivity contribution in [2.24, 2.45) is 5.92 Å². The molecule has 0 unspecified atom stereocenters. The molecule has 2 aromatic heterocycles. The summed E-state index contributed by atoms with van der Waals surface area (Å²) in [5, 5.41) is 22.3. The Morgan fingerprint density at radius 3 is 2.70 bits per heavy atom. The Kier molecular flexibility index (Phi) is 4.82. The van der Waals surface area contributed by atoms with E-state index in [2.05, 4.69) is 25.6 Å². The van der Waals surface area contributed by atoms with E-state index in [0.717, 1.165) is 0 Å². The lowest BCUT2D eigenvalue weighted by Crippen LogP contribution is -2.30. The molecule has 0 spiro atoms. The largest absolute Gasteiger partial charge is 0.481 e. The lowest BCUT2D eigenvalue weighted by atomic mass is 9.83. The molecule has 23 heavy (non-hydrogen) atoms. The molecule has 0 aliphatic rings. The van der Waals surface area contributed by atoms with Gasteiger partial charge in [0.05, 0.1) is 5.92 Å². The first-order chi connectivity index (χ1) is 10.8. The Morgan fingerprint density at radius 2 is 2.22 bits per heavy atom. The number of hydrogen-bond donors (Lipinski definition) is 3. The summed E-state index contributed by atoms with van der Waals surface area (Å²) in [5.74, 6) is -6.23. The molecule has 2 heterocycles. The smallest absolute Gasteiger partial charge is 0.307 e. The minimum Gasteiger partial charge on any atom is -0.481 e. The van der Waals surface area contributed by atoms with Gasteiger partial charge in [0, 0.05) is 18.5 Å². The van der Waals surface area contributed by atoms with E-state index in [1.54, 1.807) is 12.1 Å². The van der Waals surface area contributed by atoms with Crippen LogP contribution in [0.3, 0.4) is 0 Å². The van der Waals surface area contributed by atoms with Crippen molar-refractivity contribution in [1.82, 2.24) is 25.6 Å². The van der Waals surface area contributed by atoms with Gasteiger partial charge in [0.2, 0.25) is 5.92 Å². The van der Waals surface area contributed by atoms with Crippen molar-refractivity contribution in [3.05, 3.63) is 29.7 Å². The Hall–Kier alpha value is -2.65. The summed E-state index contributed by atoms with van der Waals surface area (Å²) in [5.41, 5.74) is 6.15. The zero-order valence-electron chi connectivity index (χ0n) is 12.3. The first-order valence-electron chi connectivity index (χ1n) is 6.81. The van der Waals surface area contributed by atoms with E-state index < -0.39 is 30.1 Å². The maximum atomic E-state index is 13.4. The van der Waals surface area contributed by atoms with Crippen LogP contribution in [-0.4, -0.2) is 42.6 Å². The molecule has 0 aliphatic heterocycles. The number of nitrogens with two attached hydrogens (primary N) is 1. The van der Waals surface area contributed by atoms with Crippen LogP contribution in [-0.2, 0) is 11.2 Å². The number of alkyl halides is 2. The second-order valence-electron chi connectivity index (χ2n) is 5.41. The Morgan fingerprint density at radius 1 is 1.48 bits per heavy atom. The second kappa shape index (κ2) is 6.63. The molecular weight excluding hydrogens is 310 g/mol. The minimum atomic E-state index is -3.13. The predicted octanol–water partition coefficient (Wildman–Crippen LogP) is 1.25. The van der Waals surface area contributed by atoms with Crippen LogP contribution in [0.5, 0.6) is 0 Å². The molecule has 0 saturated heterocycles. The molecular formula is C13H16F2N6O2. The van der Waals surface area contributed by atoms with Crippen molar-refractivity contribution >= 4 is 11.8 Å². The van der Waals surface area contributed by atoms with Gasteiger partial charge in [-0.25, -0.2) is 18.9 Å². The molecule has 124 valence electrons. The van der Waals surface area contributed by atoms with E-state index in [9.17, 15) is 18.7 Å². The number of aromatic amines is 1. The van der Waals surface area contributed by atoms with Gasteiger partial charge in [-0.3, -0.25) is 4.79 Å². The van der Waals surface area contributed by atoms with Gasteiger partial charge in [-0.15, -0.1) is 5.10 Å². The fourth-order valence-corrected chi connectivity index (χ4v) is 2.35. The number of carbonyl (C=O) groups is 1. The van der Waals surface area contributed by atoms with Crippen LogP contribution in [0.2, 0.25) is 0 Å². The number of aromatic nitrogens is 5. The zero-order valence-corrected chi connectivity index (χ0v) is 12.3. The van der Waals surface area contributed by atoms with Crippen LogP contribution in [0.1, 0.15) is 30.7 Å². The van der Waals surface area contributed by atoms with E-state index in [0.29, 0.717) is 18.3 Å². The number of nitrogen functional groups attached to an aromatic ring is 1. The number of pyridine rings is 1. The highest BCUT2D eigenvalue weighted by atomic mass is 19.3. The minimum absolute atomic E-state index is 0.136. The summed E-state index contributed by atoms with van der Waals surface area (Å²) in [6.45, 7) is 0.684. The first-order valence-corrected chi connectivity index (χ1v) is 6.81. The van der Waals surface area contributed by atoms with Gasteiger partial charge >= 0.3 is 5.97 Å². The molecule has 0 bridgehead atoms. The van der Waals surface area contributed by atoms with E-state index in [4.69, 9.17) is 5.73 Å². The molecule has 2 aromatic rings. The third kappa shape index (κ3) is 4.66. The summed E-state index contributed by atoms with van der Waals surface area (Å²) in [4.78, 5) is 15.4. The third-order valence-electron chi connectivity index (χ3n) is 3.40. The first kappa shape index (κ1) is 16.7. The van der Waals surface area contributed by atoms with Gasteiger partial charge < -0.3 is 10.8 Å². The van der Waals surface area contributed by atoms with Crippen molar-refractivity contribution in [1.29, 1.82) is 0 Å².